The van der Waals surface area contributed by atoms with Gasteiger partial charge in [-0.1, -0.05) is 17.7 Å². The summed E-state index contributed by atoms with van der Waals surface area (Å²) in [4.78, 5) is 0. The molecule has 0 spiro atoms. The number of hydrogen-bond donors (Lipinski definition) is 1. The van der Waals surface area contributed by atoms with Gasteiger partial charge in [0, 0.05) is 13.1 Å². The standard InChI is InChI=1S/C17H17ClFNO3/c1-21-15-7-12(8-16-17(15)23-5-4-22-16)10-20-9-11-2-3-14(19)13(18)6-11/h2-3,6-8,20H,4-5,9-10H2,1H3. The molecule has 0 bridgehead atoms. The molecule has 122 valence electrons. The van der Waals surface area contributed by atoms with E-state index in [1.807, 2.05) is 12.1 Å². The van der Waals surface area contributed by atoms with Gasteiger partial charge in [-0.2, -0.15) is 0 Å². The van der Waals surface area contributed by atoms with Crippen molar-refractivity contribution in [3.63, 3.8) is 0 Å². The summed E-state index contributed by atoms with van der Waals surface area (Å²) in [6, 6.07) is 8.54. The van der Waals surface area contributed by atoms with E-state index in [1.54, 1.807) is 19.2 Å². The SMILES string of the molecule is COc1cc(CNCc2ccc(F)c(Cl)c2)cc2c1OCCO2. The molecule has 1 N–H and O–H groups in total. The van der Waals surface area contributed by atoms with Gasteiger partial charge in [0.2, 0.25) is 5.75 Å². The summed E-state index contributed by atoms with van der Waals surface area (Å²) < 4.78 is 29.7. The Morgan fingerprint density at radius 1 is 1.13 bits per heavy atom. The van der Waals surface area contributed by atoms with E-state index in [1.165, 1.54) is 6.07 Å². The van der Waals surface area contributed by atoms with Crippen LogP contribution in [0.2, 0.25) is 5.02 Å². The molecule has 0 unspecified atom stereocenters. The van der Waals surface area contributed by atoms with Crippen molar-refractivity contribution in [3.05, 3.63) is 52.3 Å². The largest absolute Gasteiger partial charge is 0.493 e. The topological polar surface area (TPSA) is 39.7 Å². The highest BCUT2D eigenvalue weighted by molar-refractivity contribution is 6.30. The van der Waals surface area contributed by atoms with Crippen molar-refractivity contribution in [3.8, 4) is 17.2 Å². The fourth-order valence-corrected chi connectivity index (χ4v) is 2.63. The van der Waals surface area contributed by atoms with Crippen molar-refractivity contribution in [2.75, 3.05) is 20.3 Å². The second-order valence-corrected chi connectivity index (χ2v) is 5.58. The van der Waals surface area contributed by atoms with E-state index in [9.17, 15) is 4.39 Å². The van der Waals surface area contributed by atoms with Gasteiger partial charge in [0.25, 0.3) is 0 Å². The monoisotopic (exact) mass is 337 g/mol. The molecule has 0 aromatic heterocycles. The molecule has 1 aliphatic rings. The summed E-state index contributed by atoms with van der Waals surface area (Å²) in [5.41, 5.74) is 1.93. The predicted octanol–water partition coefficient (Wildman–Crippen LogP) is 3.55. The van der Waals surface area contributed by atoms with E-state index in [0.717, 1.165) is 11.1 Å². The lowest BCUT2D eigenvalue weighted by Gasteiger charge is -2.21. The Labute approximate surface area is 139 Å². The zero-order chi connectivity index (χ0) is 16.2. The van der Waals surface area contributed by atoms with Gasteiger partial charge in [-0.05, 0) is 35.4 Å². The van der Waals surface area contributed by atoms with Crippen molar-refractivity contribution in [1.82, 2.24) is 5.32 Å². The minimum Gasteiger partial charge on any atom is -0.493 e. The van der Waals surface area contributed by atoms with E-state index in [4.69, 9.17) is 25.8 Å². The van der Waals surface area contributed by atoms with Crippen LogP contribution in [-0.4, -0.2) is 20.3 Å². The van der Waals surface area contributed by atoms with Crippen molar-refractivity contribution in [2.45, 2.75) is 13.1 Å². The average Bonchev–Trinajstić information content (AvgIpc) is 2.57. The zero-order valence-corrected chi connectivity index (χ0v) is 13.5. The van der Waals surface area contributed by atoms with Crippen molar-refractivity contribution in [2.24, 2.45) is 0 Å². The Morgan fingerprint density at radius 2 is 1.91 bits per heavy atom. The fourth-order valence-electron chi connectivity index (χ4n) is 2.43. The van der Waals surface area contributed by atoms with Crippen molar-refractivity contribution in [1.29, 1.82) is 0 Å². The molecule has 0 radical (unpaired) electrons. The first-order valence-electron chi connectivity index (χ1n) is 7.28. The van der Waals surface area contributed by atoms with Crippen LogP contribution in [0.15, 0.2) is 30.3 Å². The highest BCUT2D eigenvalue weighted by Crippen LogP contribution is 2.40. The Morgan fingerprint density at radius 3 is 2.70 bits per heavy atom. The van der Waals surface area contributed by atoms with Crippen LogP contribution in [0.4, 0.5) is 4.39 Å². The van der Waals surface area contributed by atoms with Gasteiger partial charge in [-0.3, -0.25) is 0 Å². The number of nitrogens with one attached hydrogen (secondary N) is 1. The third-order valence-electron chi connectivity index (χ3n) is 3.53. The molecule has 0 aliphatic carbocycles. The van der Waals surface area contributed by atoms with Crippen LogP contribution in [0.5, 0.6) is 17.2 Å². The summed E-state index contributed by atoms with van der Waals surface area (Å²) in [6.07, 6.45) is 0. The highest BCUT2D eigenvalue weighted by atomic mass is 35.5. The Hall–Kier alpha value is -1.98. The van der Waals surface area contributed by atoms with Gasteiger partial charge in [-0.15, -0.1) is 0 Å². The summed E-state index contributed by atoms with van der Waals surface area (Å²) in [7, 11) is 1.60. The van der Waals surface area contributed by atoms with E-state index in [-0.39, 0.29) is 5.02 Å². The number of rotatable bonds is 5. The number of hydrogen-bond acceptors (Lipinski definition) is 4. The first-order chi connectivity index (χ1) is 11.2. The second kappa shape index (κ2) is 7.06. The normalized spacial score (nSPS) is 13.0. The first-order valence-corrected chi connectivity index (χ1v) is 7.66. The van der Waals surface area contributed by atoms with Crippen LogP contribution in [-0.2, 0) is 13.1 Å². The third kappa shape index (κ3) is 3.68. The number of ether oxygens (including phenoxy) is 3. The smallest absolute Gasteiger partial charge is 0.203 e. The molecule has 4 nitrogen and oxygen atoms in total. The summed E-state index contributed by atoms with van der Waals surface area (Å²) in [6.45, 7) is 2.24. The summed E-state index contributed by atoms with van der Waals surface area (Å²) >= 11 is 5.78. The lowest BCUT2D eigenvalue weighted by Crippen LogP contribution is -2.17. The van der Waals surface area contributed by atoms with Gasteiger partial charge >= 0.3 is 0 Å². The quantitative estimate of drug-likeness (QED) is 0.905. The lowest BCUT2D eigenvalue weighted by molar-refractivity contribution is 0.165. The number of methoxy groups -OCH3 is 1. The third-order valence-corrected chi connectivity index (χ3v) is 3.82. The van der Waals surface area contributed by atoms with E-state index in [2.05, 4.69) is 5.32 Å². The molecule has 0 atom stereocenters. The minimum absolute atomic E-state index is 0.130. The van der Waals surface area contributed by atoms with Gasteiger partial charge in [-0.25, -0.2) is 4.39 Å². The predicted molar refractivity (Wildman–Crippen MR) is 85.9 cm³/mol. The molecule has 6 heteroatoms. The molecule has 2 aromatic carbocycles. The van der Waals surface area contributed by atoms with Crippen LogP contribution >= 0.6 is 11.6 Å². The second-order valence-electron chi connectivity index (χ2n) is 5.17. The van der Waals surface area contributed by atoms with Crippen molar-refractivity contribution >= 4 is 11.6 Å². The fraction of sp³-hybridized carbons (Fsp3) is 0.294. The van der Waals surface area contributed by atoms with Crippen LogP contribution in [0.1, 0.15) is 11.1 Å². The average molecular weight is 338 g/mol. The molecule has 0 saturated carbocycles. The minimum atomic E-state index is -0.410. The molecule has 3 rings (SSSR count). The molecule has 23 heavy (non-hydrogen) atoms. The summed E-state index contributed by atoms with van der Waals surface area (Å²) in [5, 5.41) is 3.42. The lowest BCUT2D eigenvalue weighted by atomic mass is 10.1. The Kier molecular flexibility index (Phi) is 4.88. The molecular weight excluding hydrogens is 321 g/mol. The number of benzene rings is 2. The van der Waals surface area contributed by atoms with Crippen LogP contribution < -0.4 is 19.5 Å². The molecule has 0 fully saturated rings. The molecule has 0 saturated heterocycles. The van der Waals surface area contributed by atoms with Gasteiger partial charge in [0.1, 0.15) is 19.0 Å². The molecule has 1 aliphatic heterocycles. The molecular formula is C17H17ClFNO3. The van der Waals surface area contributed by atoms with Crippen LogP contribution in [0.25, 0.3) is 0 Å². The van der Waals surface area contributed by atoms with Gasteiger partial charge in [0.15, 0.2) is 11.5 Å². The van der Waals surface area contributed by atoms with Crippen molar-refractivity contribution < 1.29 is 18.6 Å². The Bertz CT molecular complexity index is 691. The zero-order valence-electron chi connectivity index (χ0n) is 12.7. The van der Waals surface area contributed by atoms with Crippen LogP contribution in [0.3, 0.4) is 0 Å². The number of fused-ring (bicyclic) bond motifs is 1. The van der Waals surface area contributed by atoms with Gasteiger partial charge in [0.05, 0.1) is 12.1 Å². The van der Waals surface area contributed by atoms with E-state index in [0.29, 0.717) is 43.6 Å². The molecule has 0 amide bonds. The van der Waals surface area contributed by atoms with E-state index >= 15 is 0 Å². The maximum Gasteiger partial charge on any atom is 0.203 e. The molecule has 2 aromatic rings. The maximum atomic E-state index is 13.1. The first kappa shape index (κ1) is 15.9. The van der Waals surface area contributed by atoms with Crippen LogP contribution in [0, 0.1) is 5.82 Å². The Balaban J connectivity index is 1.67. The van der Waals surface area contributed by atoms with Gasteiger partial charge < -0.3 is 19.5 Å². The summed E-state index contributed by atoms with van der Waals surface area (Å²) in [5.74, 6) is 1.58. The van der Waals surface area contributed by atoms with E-state index < -0.39 is 5.82 Å². The number of halogens is 2. The maximum absolute atomic E-state index is 13.1. The molecule has 1 heterocycles. The highest BCUT2D eigenvalue weighted by Gasteiger charge is 2.18.